The van der Waals surface area contributed by atoms with Crippen LogP contribution in [0.25, 0.3) is 0 Å². The highest BCUT2D eigenvalue weighted by Crippen LogP contribution is 2.12. The number of carboxylic acid groups (broad SMARTS) is 1. The van der Waals surface area contributed by atoms with Crippen LogP contribution in [0.2, 0.25) is 0 Å². The maximum atomic E-state index is 10.9. The zero-order valence-corrected chi connectivity index (χ0v) is 14.8. The molecule has 1 atom stereocenters. The topological polar surface area (TPSA) is 80.4 Å². The second kappa shape index (κ2) is 15.6. The molecule has 0 saturated carbocycles. The molecule has 4 nitrogen and oxygen atoms in total. The summed E-state index contributed by atoms with van der Waals surface area (Å²) in [6.45, 7) is 2.24. The second-order valence-corrected chi connectivity index (χ2v) is 6.37. The van der Waals surface area contributed by atoms with Crippen molar-refractivity contribution in [1.29, 1.82) is 0 Å². The van der Waals surface area contributed by atoms with Crippen molar-refractivity contribution < 1.29 is 14.7 Å². The Hall–Kier alpha value is -1.32. The minimum Gasteiger partial charge on any atom is -0.481 e. The molecular formula is C19H35NO3. The van der Waals surface area contributed by atoms with Gasteiger partial charge in [-0.25, -0.2) is 0 Å². The highest BCUT2D eigenvalue weighted by Gasteiger charge is 2.15. The van der Waals surface area contributed by atoms with Gasteiger partial charge in [-0.2, -0.15) is 0 Å². The van der Waals surface area contributed by atoms with Gasteiger partial charge in [-0.1, -0.05) is 83.3 Å². The van der Waals surface area contributed by atoms with Crippen LogP contribution >= 0.6 is 0 Å². The van der Waals surface area contributed by atoms with Crippen molar-refractivity contribution in [3.8, 4) is 0 Å². The van der Waals surface area contributed by atoms with Gasteiger partial charge in [-0.3, -0.25) is 9.59 Å². The fraction of sp³-hybridized carbons (Fsp3) is 0.789. The smallest absolute Gasteiger partial charge is 0.310 e. The Labute approximate surface area is 141 Å². The number of hydrogen-bond acceptors (Lipinski definition) is 2. The molecule has 0 bridgehead atoms. The Bertz CT molecular complexity index is 340. The monoisotopic (exact) mass is 325 g/mol. The average Bonchev–Trinajstić information content (AvgIpc) is 2.50. The quantitative estimate of drug-likeness (QED) is 0.315. The largest absolute Gasteiger partial charge is 0.481 e. The number of carboxylic acids is 1. The third kappa shape index (κ3) is 15.4. The molecule has 0 saturated heterocycles. The number of carbonyl (C=O) groups is 2. The van der Waals surface area contributed by atoms with E-state index in [1.807, 2.05) is 6.08 Å². The molecule has 0 aliphatic heterocycles. The number of allylic oxidation sites excluding steroid dienone is 1. The first-order valence-corrected chi connectivity index (χ1v) is 9.25. The van der Waals surface area contributed by atoms with Crippen LogP contribution in [0.3, 0.4) is 0 Å². The predicted molar refractivity (Wildman–Crippen MR) is 95.2 cm³/mol. The number of amides is 1. The number of hydrogen-bond donors (Lipinski definition) is 2. The van der Waals surface area contributed by atoms with E-state index in [-0.39, 0.29) is 6.42 Å². The molecule has 4 heteroatoms. The van der Waals surface area contributed by atoms with Crippen molar-refractivity contribution in [1.82, 2.24) is 0 Å². The first kappa shape index (κ1) is 21.7. The van der Waals surface area contributed by atoms with E-state index in [2.05, 4.69) is 6.92 Å². The first-order valence-electron chi connectivity index (χ1n) is 9.25. The van der Waals surface area contributed by atoms with Gasteiger partial charge < -0.3 is 10.8 Å². The molecule has 0 radical (unpaired) electrons. The van der Waals surface area contributed by atoms with E-state index in [0.717, 1.165) is 12.8 Å². The summed E-state index contributed by atoms with van der Waals surface area (Å²) in [5, 5.41) is 8.95. The van der Waals surface area contributed by atoms with Gasteiger partial charge in [0.05, 0.1) is 5.92 Å². The Morgan fingerprint density at radius 1 is 0.913 bits per heavy atom. The van der Waals surface area contributed by atoms with Crippen LogP contribution in [-0.4, -0.2) is 17.0 Å². The molecule has 0 spiro atoms. The maximum absolute atomic E-state index is 10.9. The molecular weight excluding hydrogens is 290 g/mol. The lowest BCUT2D eigenvalue weighted by Gasteiger charge is -2.04. The van der Waals surface area contributed by atoms with E-state index in [0.29, 0.717) is 0 Å². The molecule has 134 valence electrons. The van der Waals surface area contributed by atoms with Gasteiger partial charge >= 0.3 is 5.97 Å². The molecule has 0 aromatic rings. The van der Waals surface area contributed by atoms with Crippen molar-refractivity contribution in [3.63, 3.8) is 0 Å². The van der Waals surface area contributed by atoms with E-state index < -0.39 is 17.8 Å². The molecule has 23 heavy (non-hydrogen) atoms. The van der Waals surface area contributed by atoms with Crippen LogP contribution in [0.4, 0.5) is 0 Å². The third-order valence-electron chi connectivity index (χ3n) is 4.08. The van der Waals surface area contributed by atoms with Crippen molar-refractivity contribution in [2.75, 3.05) is 0 Å². The van der Waals surface area contributed by atoms with Crippen LogP contribution < -0.4 is 5.73 Å². The van der Waals surface area contributed by atoms with E-state index in [1.165, 1.54) is 64.2 Å². The van der Waals surface area contributed by atoms with Gasteiger partial charge in [0, 0.05) is 6.42 Å². The van der Waals surface area contributed by atoms with Gasteiger partial charge in [-0.05, 0) is 12.8 Å². The number of nitrogens with two attached hydrogens (primary N) is 1. The molecule has 0 heterocycles. The lowest BCUT2D eigenvalue weighted by Crippen LogP contribution is -2.20. The van der Waals surface area contributed by atoms with E-state index in [4.69, 9.17) is 10.8 Å². The van der Waals surface area contributed by atoms with Crippen LogP contribution in [-0.2, 0) is 9.59 Å². The summed E-state index contributed by atoms with van der Waals surface area (Å²) in [6, 6.07) is 0. The van der Waals surface area contributed by atoms with E-state index in [9.17, 15) is 9.59 Å². The highest BCUT2D eigenvalue weighted by atomic mass is 16.4. The molecule has 1 amide bonds. The van der Waals surface area contributed by atoms with Crippen LogP contribution in [0.5, 0.6) is 0 Å². The molecule has 0 aliphatic carbocycles. The number of primary amides is 1. The maximum Gasteiger partial charge on any atom is 0.310 e. The van der Waals surface area contributed by atoms with Gasteiger partial charge in [0.1, 0.15) is 0 Å². The average molecular weight is 325 g/mol. The molecule has 3 N–H and O–H groups in total. The summed E-state index contributed by atoms with van der Waals surface area (Å²) in [4.78, 5) is 21.7. The van der Waals surface area contributed by atoms with Gasteiger partial charge in [0.15, 0.2) is 0 Å². The molecule has 0 aromatic heterocycles. The van der Waals surface area contributed by atoms with Crippen LogP contribution in [0.1, 0.15) is 90.4 Å². The van der Waals surface area contributed by atoms with Crippen LogP contribution in [0.15, 0.2) is 12.2 Å². The summed E-state index contributed by atoms with van der Waals surface area (Å²) in [5.41, 5.74) is 5.04. The van der Waals surface area contributed by atoms with Crippen LogP contribution in [0, 0.1) is 5.92 Å². The second-order valence-electron chi connectivity index (χ2n) is 6.37. The Kier molecular flexibility index (Phi) is 14.7. The third-order valence-corrected chi connectivity index (χ3v) is 4.08. The van der Waals surface area contributed by atoms with Crippen molar-refractivity contribution in [3.05, 3.63) is 12.2 Å². The van der Waals surface area contributed by atoms with Crippen molar-refractivity contribution in [2.24, 2.45) is 11.7 Å². The number of carbonyl (C=O) groups excluding carboxylic acids is 1. The number of unbranched alkanes of at least 4 members (excludes halogenated alkanes) is 11. The summed E-state index contributed by atoms with van der Waals surface area (Å²) < 4.78 is 0. The van der Waals surface area contributed by atoms with Gasteiger partial charge in [-0.15, -0.1) is 0 Å². The van der Waals surface area contributed by atoms with Gasteiger partial charge in [0.25, 0.3) is 0 Å². The standard InChI is InChI=1S/C19H35NO3/c1-2-3-4-5-6-7-8-9-10-11-12-13-14-15-17(19(22)23)16-18(20)21/h14-15,17H,2-13,16H2,1H3,(H2,20,21)(H,22,23). The van der Waals surface area contributed by atoms with E-state index >= 15 is 0 Å². The molecule has 0 rings (SSSR count). The molecule has 0 aliphatic rings. The fourth-order valence-electron chi connectivity index (χ4n) is 2.64. The Morgan fingerprint density at radius 3 is 1.83 bits per heavy atom. The molecule has 0 aromatic carbocycles. The lowest BCUT2D eigenvalue weighted by atomic mass is 10.0. The minimum atomic E-state index is -0.987. The minimum absolute atomic E-state index is 0.121. The highest BCUT2D eigenvalue weighted by molar-refractivity contribution is 5.82. The predicted octanol–water partition coefficient (Wildman–Crippen LogP) is 4.82. The lowest BCUT2D eigenvalue weighted by molar-refractivity contribution is -0.141. The van der Waals surface area contributed by atoms with E-state index in [1.54, 1.807) is 6.08 Å². The zero-order valence-electron chi connectivity index (χ0n) is 14.8. The molecule has 0 fully saturated rings. The van der Waals surface area contributed by atoms with Crippen molar-refractivity contribution in [2.45, 2.75) is 90.4 Å². The summed E-state index contributed by atoms with van der Waals surface area (Å²) in [7, 11) is 0. The normalized spacial score (nSPS) is 12.6. The summed E-state index contributed by atoms with van der Waals surface area (Å²) >= 11 is 0. The van der Waals surface area contributed by atoms with Crippen molar-refractivity contribution >= 4 is 11.9 Å². The van der Waals surface area contributed by atoms with Gasteiger partial charge in [0.2, 0.25) is 5.91 Å². The fourth-order valence-corrected chi connectivity index (χ4v) is 2.64. The summed E-state index contributed by atoms with van der Waals surface area (Å²) in [5.74, 6) is -2.34. The Balaban J connectivity index is 3.45. The zero-order chi connectivity index (χ0) is 17.3. The summed E-state index contributed by atoms with van der Waals surface area (Å²) in [6.07, 6.45) is 18.6. The number of aliphatic carboxylic acids is 1. The first-order chi connectivity index (χ1) is 11.1. The Morgan fingerprint density at radius 2 is 1.39 bits per heavy atom. The SMILES string of the molecule is CCCCCCCCCCCCCC=CC(CC(N)=O)C(=O)O. The molecule has 1 unspecified atom stereocenters. The number of rotatable bonds is 16.